The van der Waals surface area contributed by atoms with Crippen molar-refractivity contribution in [2.24, 2.45) is 5.84 Å². The van der Waals surface area contributed by atoms with E-state index in [1.54, 1.807) is 18.3 Å². The molecule has 2 heterocycles. The summed E-state index contributed by atoms with van der Waals surface area (Å²) in [6.07, 6.45) is 3.57. The minimum Gasteiger partial charge on any atom is -0.271 e. The molecule has 0 bridgehead atoms. The van der Waals surface area contributed by atoms with Crippen LogP contribution in [0.4, 0.5) is 4.39 Å². The summed E-state index contributed by atoms with van der Waals surface area (Å²) in [4.78, 5) is 5.20. The molecule has 0 radical (unpaired) electrons. The smallest absolute Gasteiger partial charge is 0.124 e. The molecule has 3 aromatic rings. The number of hydrazine groups is 1. The number of halogens is 1. The molecule has 102 valence electrons. The van der Waals surface area contributed by atoms with Crippen LogP contribution in [-0.4, -0.2) is 4.98 Å². The molecular weight excluding hydrogens is 273 g/mol. The Labute approximate surface area is 120 Å². The Morgan fingerprint density at radius 3 is 2.90 bits per heavy atom. The van der Waals surface area contributed by atoms with Gasteiger partial charge in [-0.15, -0.1) is 11.3 Å². The lowest BCUT2D eigenvalue weighted by atomic mass is 10.0. The second-order valence-electron chi connectivity index (χ2n) is 4.66. The van der Waals surface area contributed by atoms with Crippen molar-refractivity contribution >= 4 is 21.4 Å². The van der Waals surface area contributed by atoms with Gasteiger partial charge in [-0.25, -0.2) is 9.82 Å². The van der Waals surface area contributed by atoms with E-state index >= 15 is 0 Å². The first-order chi connectivity index (χ1) is 9.69. The number of thiophene rings is 1. The molecule has 0 spiro atoms. The van der Waals surface area contributed by atoms with E-state index in [-0.39, 0.29) is 11.9 Å². The van der Waals surface area contributed by atoms with Crippen LogP contribution in [0, 0.1) is 12.7 Å². The zero-order chi connectivity index (χ0) is 14.1. The van der Waals surface area contributed by atoms with Gasteiger partial charge in [0.05, 0.1) is 6.04 Å². The molecule has 1 unspecified atom stereocenters. The summed E-state index contributed by atoms with van der Waals surface area (Å²) in [5.74, 6) is 5.49. The number of rotatable bonds is 3. The lowest BCUT2D eigenvalue weighted by Crippen LogP contribution is -2.28. The number of hydrogen-bond acceptors (Lipinski definition) is 4. The summed E-state index contributed by atoms with van der Waals surface area (Å²) in [6, 6.07) is 8.66. The number of aryl methyl sites for hydroxylation is 1. The Kier molecular flexibility index (Phi) is 3.48. The molecule has 5 heteroatoms. The minimum atomic E-state index is -0.222. The van der Waals surface area contributed by atoms with Gasteiger partial charge >= 0.3 is 0 Å². The van der Waals surface area contributed by atoms with E-state index in [1.165, 1.54) is 17.4 Å². The highest BCUT2D eigenvalue weighted by Gasteiger charge is 2.17. The SMILES string of the molecule is Cc1ccncc1C(NN)c1cc2ccc(F)cc2s1. The van der Waals surface area contributed by atoms with E-state index in [0.717, 1.165) is 26.1 Å². The second kappa shape index (κ2) is 5.28. The predicted octanol–water partition coefficient (Wildman–Crippen LogP) is 3.30. The van der Waals surface area contributed by atoms with Crippen molar-refractivity contribution in [3.8, 4) is 0 Å². The predicted molar refractivity (Wildman–Crippen MR) is 79.9 cm³/mol. The quantitative estimate of drug-likeness (QED) is 0.574. The summed E-state index contributed by atoms with van der Waals surface area (Å²) < 4.78 is 14.2. The van der Waals surface area contributed by atoms with Crippen LogP contribution in [0.15, 0.2) is 42.7 Å². The normalized spacial score (nSPS) is 12.8. The molecule has 20 heavy (non-hydrogen) atoms. The molecule has 0 aliphatic rings. The molecule has 0 saturated heterocycles. The maximum atomic E-state index is 13.3. The van der Waals surface area contributed by atoms with Crippen LogP contribution in [0.2, 0.25) is 0 Å². The van der Waals surface area contributed by atoms with Crippen molar-refractivity contribution in [2.45, 2.75) is 13.0 Å². The topological polar surface area (TPSA) is 50.9 Å². The third-order valence-corrected chi connectivity index (χ3v) is 4.51. The average Bonchev–Trinajstić information content (AvgIpc) is 2.84. The zero-order valence-corrected chi connectivity index (χ0v) is 11.7. The van der Waals surface area contributed by atoms with Crippen LogP contribution < -0.4 is 11.3 Å². The van der Waals surface area contributed by atoms with Gasteiger partial charge in [0, 0.05) is 22.0 Å². The van der Waals surface area contributed by atoms with E-state index in [1.807, 2.05) is 25.3 Å². The molecule has 0 fully saturated rings. The van der Waals surface area contributed by atoms with E-state index in [0.29, 0.717) is 0 Å². The Balaban J connectivity index is 2.10. The molecule has 3 nitrogen and oxygen atoms in total. The van der Waals surface area contributed by atoms with Crippen LogP contribution in [0.25, 0.3) is 10.1 Å². The molecule has 3 rings (SSSR count). The van der Waals surface area contributed by atoms with Gasteiger partial charge in [0.15, 0.2) is 0 Å². The van der Waals surface area contributed by atoms with Crippen molar-refractivity contribution in [3.05, 3.63) is 64.5 Å². The van der Waals surface area contributed by atoms with Gasteiger partial charge in [-0.05, 0) is 47.7 Å². The molecule has 1 aromatic carbocycles. The van der Waals surface area contributed by atoms with Crippen LogP contribution in [0.3, 0.4) is 0 Å². The van der Waals surface area contributed by atoms with Crippen molar-refractivity contribution < 1.29 is 4.39 Å². The number of nitrogens with zero attached hydrogens (tertiary/aromatic N) is 1. The number of fused-ring (bicyclic) bond motifs is 1. The fourth-order valence-corrected chi connectivity index (χ4v) is 3.44. The number of nitrogens with one attached hydrogen (secondary N) is 1. The van der Waals surface area contributed by atoms with Crippen molar-refractivity contribution in [1.29, 1.82) is 0 Å². The van der Waals surface area contributed by atoms with Gasteiger partial charge in [-0.1, -0.05) is 6.07 Å². The summed E-state index contributed by atoms with van der Waals surface area (Å²) in [6.45, 7) is 2.02. The molecule has 0 aliphatic heterocycles. The highest BCUT2D eigenvalue weighted by molar-refractivity contribution is 7.19. The fraction of sp³-hybridized carbons (Fsp3) is 0.133. The summed E-state index contributed by atoms with van der Waals surface area (Å²) in [5, 5.41) is 1.02. The number of hydrogen-bond donors (Lipinski definition) is 2. The minimum absolute atomic E-state index is 0.135. The van der Waals surface area contributed by atoms with Gasteiger partial charge in [0.1, 0.15) is 5.82 Å². The number of nitrogens with two attached hydrogens (primary N) is 1. The Hall–Kier alpha value is -1.82. The summed E-state index contributed by atoms with van der Waals surface area (Å²) in [7, 11) is 0. The first kappa shape index (κ1) is 13.2. The second-order valence-corrected chi connectivity index (χ2v) is 5.78. The van der Waals surface area contributed by atoms with Gasteiger partial charge in [0.2, 0.25) is 0 Å². The van der Waals surface area contributed by atoms with Crippen molar-refractivity contribution in [3.63, 3.8) is 0 Å². The van der Waals surface area contributed by atoms with Crippen LogP contribution in [0.5, 0.6) is 0 Å². The van der Waals surface area contributed by atoms with Gasteiger partial charge < -0.3 is 0 Å². The average molecular weight is 287 g/mol. The molecule has 0 amide bonds. The summed E-state index contributed by atoms with van der Waals surface area (Å²) >= 11 is 1.54. The lowest BCUT2D eigenvalue weighted by Gasteiger charge is -2.16. The molecule has 3 N–H and O–H groups in total. The molecule has 1 atom stereocenters. The number of benzene rings is 1. The van der Waals surface area contributed by atoms with E-state index < -0.39 is 0 Å². The Bertz CT molecular complexity index is 754. The maximum absolute atomic E-state index is 13.3. The number of pyridine rings is 1. The van der Waals surface area contributed by atoms with Gasteiger partial charge in [-0.2, -0.15) is 0 Å². The monoisotopic (exact) mass is 287 g/mol. The van der Waals surface area contributed by atoms with Gasteiger partial charge in [0.25, 0.3) is 0 Å². The maximum Gasteiger partial charge on any atom is 0.124 e. The largest absolute Gasteiger partial charge is 0.271 e. The molecule has 2 aromatic heterocycles. The zero-order valence-electron chi connectivity index (χ0n) is 10.9. The van der Waals surface area contributed by atoms with Crippen LogP contribution in [-0.2, 0) is 0 Å². The number of aromatic nitrogens is 1. The van der Waals surface area contributed by atoms with E-state index in [9.17, 15) is 4.39 Å². The Morgan fingerprint density at radius 1 is 1.30 bits per heavy atom. The lowest BCUT2D eigenvalue weighted by molar-refractivity contribution is 0.630. The highest BCUT2D eigenvalue weighted by Crippen LogP contribution is 2.33. The van der Waals surface area contributed by atoms with Crippen LogP contribution >= 0.6 is 11.3 Å². The summed E-state index contributed by atoms with van der Waals surface area (Å²) in [5.41, 5.74) is 4.97. The fourth-order valence-electron chi connectivity index (χ4n) is 2.27. The first-order valence-corrected chi connectivity index (χ1v) is 7.06. The molecular formula is C15H14FN3S. The van der Waals surface area contributed by atoms with E-state index in [2.05, 4.69) is 10.4 Å². The first-order valence-electron chi connectivity index (χ1n) is 6.24. The van der Waals surface area contributed by atoms with Crippen molar-refractivity contribution in [2.75, 3.05) is 0 Å². The van der Waals surface area contributed by atoms with Crippen LogP contribution in [0.1, 0.15) is 22.0 Å². The molecule has 0 saturated carbocycles. The third kappa shape index (κ3) is 2.31. The van der Waals surface area contributed by atoms with Crippen molar-refractivity contribution in [1.82, 2.24) is 10.4 Å². The third-order valence-electron chi connectivity index (χ3n) is 3.34. The molecule has 0 aliphatic carbocycles. The standard InChI is InChI=1S/C15H14FN3S/c1-9-4-5-18-8-12(9)15(19-17)14-6-10-2-3-11(16)7-13(10)20-14/h2-8,15,19H,17H2,1H3. The Morgan fingerprint density at radius 2 is 2.15 bits per heavy atom. The van der Waals surface area contributed by atoms with Gasteiger partial charge in [-0.3, -0.25) is 10.8 Å². The van der Waals surface area contributed by atoms with E-state index in [4.69, 9.17) is 5.84 Å². The highest BCUT2D eigenvalue weighted by atomic mass is 32.1.